The molecule has 21 heavy (non-hydrogen) atoms. The summed E-state index contributed by atoms with van der Waals surface area (Å²) in [6, 6.07) is 9.50. The zero-order chi connectivity index (χ0) is 14.8. The van der Waals surface area contributed by atoms with Crippen molar-refractivity contribution < 1.29 is 13.6 Å². The molecule has 3 rings (SSSR count). The van der Waals surface area contributed by atoms with E-state index in [1.54, 1.807) is 24.3 Å². The predicted octanol–water partition coefficient (Wildman–Crippen LogP) is 3.96. The lowest BCUT2D eigenvalue weighted by Gasteiger charge is -2.29. The first-order valence-electron chi connectivity index (χ1n) is 7.28. The van der Waals surface area contributed by atoms with Crippen molar-refractivity contribution in [1.82, 2.24) is 4.90 Å². The highest BCUT2D eigenvalue weighted by Crippen LogP contribution is 2.24. The van der Waals surface area contributed by atoms with Gasteiger partial charge in [-0.2, -0.15) is 0 Å². The second-order valence-corrected chi connectivity index (χ2v) is 5.65. The zero-order valence-corrected chi connectivity index (χ0v) is 12.0. The molecule has 0 saturated carbocycles. The topological polar surface area (TPSA) is 33.5 Å². The van der Waals surface area contributed by atoms with Crippen LogP contribution in [-0.4, -0.2) is 23.9 Å². The van der Waals surface area contributed by atoms with E-state index >= 15 is 0 Å². The minimum atomic E-state index is -0.288. The van der Waals surface area contributed by atoms with Gasteiger partial charge in [-0.05, 0) is 55.2 Å². The Balaban J connectivity index is 1.75. The third kappa shape index (κ3) is 2.99. The second kappa shape index (κ2) is 5.72. The normalized spacial score (nSPS) is 16.2. The van der Waals surface area contributed by atoms with Crippen molar-refractivity contribution in [2.24, 2.45) is 5.92 Å². The van der Waals surface area contributed by atoms with E-state index in [1.807, 2.05) is 4.90 Å². The second-order valence-electron chi connectivity index (χ2n) is 5.65. The van der Waals surface area contributed by atoms with Crippen molar-refractivity contribution in [2.75, 3.05) is 13.1 Å². The monoisotopic (exact) mass is 287 g/mol. The van der Waals surface area contributed by atoms with Crippen LogP contribution in [0.1, 0.15) is 30.3 Å². The summed E-state index contributed by atoms with van der Waals surface area (Å²) in [5.74, 6) is 1.27. The highest BCUT2D eigenvalue weighted by atomic mass is 19.1. The molecule has 0 unspecified atom stereocenters. The van der Waals surface area contributed by atoms with Crippen molar-refractivity contribution in [2.45, 2.75) is 19.8 Å². The number of nitrogens with zero attached hydrogens (tertiary/aromatic N) is 1. The van der Waals surface area contributed by atoms with E-state index in [4.69, 9.17) is 4.42 Å². The Morgan fingerprint density at radius 3 is 2.48 bits per heavy atom. The number of carbonyl (C=O) groups excluding carboxylic acids is 1. The predicted molar refractivity (Wildman–Crippen MR) is 78.4 cm³/mol. The SMILES string of the molecule is CC1CCN(C(=O)c2ccc(-c3ccc(F)cc3)o2)CC1. The van der Waals surface area contributed by atoms with Crippen LogP contribution in [0.2, 0.25) is 0 Å². The summed E-state index contributed by atoms with van der Waals surface area (Å²) in [5, 5.41) is 0. The van der Waals surface area contributed by atoms with Gasteiger partial charge in [0.15, 0.2) is 5.76 Å². The van der Waals surface area contributed by atoms with E-state index in [1.165, 1.54) is 12.1 Å². The van der Waals surface area contributed by atoms with Crippen molar-refractivity contribution in [3.05, 3.63) is 48.0 Å². The molecule has 1 aromatic heterocycles. The minimum Gasteiger partial charge on any atom is -0.451 e. The Bertz CT molecular complexity index is 624. The van der Waals surface area contributed by atoms with Gasteiger partial charge < -0.3 is 9.32 Å². The summed E-state index contributed by atoms with van der Waals surface area (Å²) < 4.78 is 18.6. The number of hydrogen-bond acceptors (Lipinski definition) is 2. The van der Waals surface area contributed by atoms with Gasteiger partial charge in [0.1, 0.15) is 11.6 Å². The van der Waals surface area contributed by atoms with E-state index in [-0.39, 0.29) is 11.7 Å². The van der Waals surface area contributed by atoms with Crippen LogP contribution in [0.3, 0.4) is 0 Å². The molecule has 1 aromatic carbocycles. The van der Waals surface area contributed by atoms with Crippen molar-refractivity contribution in [3.63, 3.8) is 0 Å². The first kappa shape index (κ1) is 13.9. The van der Waals surface area contributed by atoms with Crippen LogP contribution >= 0.6 is 0 Å². The maximum Gasteiger partial charge on any atom is 0.289 e. The van der Waals surface area contributed by atoms with Crippen LogP contribution in [0.5, 0.6) is 0 Å². The fourth-order valence-electron chi connectivity index (χ4n) is 2.59. The van der Waals surface area contributed by atoms with E-state index in [9.17, 15) is 9.18 Å². The van der Waals surface area contributed by atoms with Gasteiger partial charge in [-0.3, -0.25) is 4.79 Å². The van der Waals surface area contributed by atoms with Crippen molar-refractivity contribution in [1.29, 1.82) is 0 Å². The molecule has 1 fully saturated rings. The summed E-state index contributed by atoms with van der Waals surface area (Å²) in [5.41, 5.74) is 0.766. The summed E-state index contributed by atoms with van der Waals surface area (Å²) in [6.45, 7) is 3.78. The summed E-state index contributed by atoms with van der Waals surface area (Å²) >= 11 is 0. The van der Waals surface area contributed by atoms with Gasteiger partial charge in [0.05, 0.1) is 0 Å². The Labute approximate surface area is 123 Å². The fraction of sp³-hybridized carbons (Fsp3) is 0.353. The lowest BCUT2D eigenvalue weighted by atomic mass is 9.99. The molecule has 0 spiro atoms. The Hall–Kier alpha value is -2.10. The molecule has 0 radical (unpaired) electrons. The largest absolute Gasteiger partial charge is 0.451 e. The van der Waals surface area contributed by atoms with Crippen LogP contribution < -0.4 is 0 Å². The van der Waals surface area contributed by atoms with E-state index in [2.05, 4.69) is 6.92 Å². The molecule has 1 saturated heterocycles. The van der Waals surface area contributed by atoms with Gasteiger partial charge in [-0.15, -0.1) is 0 Å². The first-order chi connectivity index (χ1) is 10.1. The third-order valence-corrected chi connectivity index (χ3v) is 4.02. The minimum absolute atomic E-state index is 0.0599. The Morgan fingerprint density at radius 1 is 1.14 bits per heavy atom. The van der Waals surface area contributed by atoms with Gasteiger partial charge in [-0.25, -0.2) is 4.39 Å². The number of carbonyl (C=O) groups is 1. The molecule has 0 N–H and O–H groups in total. The smallest absolute Gasteiger partial charge is 0.289 e. The number of piperidine rings is 1. The Morgan fingerprint density at radius 2 is 1.81 bits per heavy atom. The molecular formula is C17H18FNO2. The highest BCUT2D eigenvalue weighted by Gasteiger charge is 2.23. The highest BCUT2D eigenvalue weighted by molar-refractivity contribution is 5.92. The number of furan rings is 1. The van der Waals surface area contributed by atoms with Gasteiger partial charge in [0.2, 0.25) is 0 Å². The van der Waals surface area contributed by atoms with Gasteiger partial charge >= 0.3 is 0 Å². The van der Waals surface area contributed by atoms with E-state index in [0.29, 0.717) is 17.4 Å². The molecular weight excluding hydrogens is 269 g/mol. The molecule has 2 aromatic rings. The average Bonchev–Trinajstić information content (AvgIpc) is 2.98. The first-order valence-corrected chi connectivity index (χ1v) is 7.28. The zero-order valence-electron chi connectivity index (χ0n) is 12.0. The molecule has 2 heterocycles. The van der Waals surface area contributed by atoms with Gasteiger partial charge in [0.25, 0.3) is 5.91 Å². The van der Waals surface area contributed by atoms with Crippen LogP contribution in [0.15, 0.2) is 40.8 Å². The standard InChI is InChI=1S/C17H18FNO2/c1-12-8-10-19(11-9-12)17(20)16-7-6-15(21-16)13-2-4-14(18)5-3-13/h2-7,12H,8-11H2,1H3. The average molecular weight is 287 g/mol. The number of likely N-dealkylation sites (tertiary alicyclic amines) is 1. The number of hydrogen-bond donors (Lipinski definition) is 0. The Kier molecular flexibility index (Phi) is 3.78. The molecule has 1 aliphatic rings. The lowest BCUT2D eigenvalue weighted by Crippen LogP contribution is -2.37. The lowest BCUT2D eigenvalue weighted by molar-refractivity contribution is 0.0666. The molecule has 1 amide bonds. The van der Waals surface area contributed by atoms with Crippen LogP contribution in [-0.2, 0) is 0 Å². The quantitative estimate of drug-likeness (QED) is 0.837. The number of rotatable bonds is 2. The van der Waals surface area contributed by atoms with Gasteiger partial charge in [0, 0.05) is 18.7 Å². The third-order valence-electron chi connectivity index (χ3n) is 4.02. The summed E-state index contributed by atoms with van der Waals surface area (Å²) in [6.07, 6.45) is 2.08. The summed E-state index contributed by atoms with van der Waals surface area (Å²) in [7, 11) is 0. The van der Waals surface area contributed by atoms with Crippen molar-refractivity contribution >= 4 is 5.91 Å². The maximum absolute atomic E-state index is 12.9. The van der Waals surface area contributed by atoms with Crippen LogP contribution in [0.25, 0.3) is 11.3 Å². The molecule has 110 valence electrons. The molecule has 0 atom stereocenters. The summed E-state index contributed by atoms with van der Waals surface area (Å²) in [4.78, 5) is 14.2. The van der Waals surface area contributed by atoms with Crippen LogP contribution in [0.4, 0.5) is 4.39 Å². The number of benzene rings is 1. The molecule has 0 bridgehead atoms. The molecule has 4 heteroatoms. The molecule has 3 nitrogen and oxygen atoms in total. The van der Waals surface area contributed by atoms with Gasteiger partial charge in [-0.1, -0.05) is 6.92 Å². The molecule has 0 aliphatic carbocycles. The molecule has 1 aliphatic heterocycles. The van der Waals surface area contributed by atoms with E-state index in [0.717, 1.165) is 31.5 Å². The fourth-order valence-corrected chi connectivity index (χ4v) is 2.59. The number of halogens is 1. The van der Waals surface area contributed by atoms with Crippen molar-refractivity contribution in [3.8, 4) is 11.3 Å². The van der Waals surface area contributed by atoms with Crippen LogP contribution in [0, 0.1) is 11.7 Å². The van der Waals surface area contributed by atoms with E-state index < -0.39 is 0 Å². The number of amides is 1. The maximum atomic E-state index is 12.9.